The minimum absolute atomic E-state index is 0.761. The molecule has 3 nitrogen and oxygen atoms in total. The Morgan fingerprint density at radius 1 is 0.947 bits per heavy atom. The van der Waals surface area contributed by atoms with Gasteiger partial charge in [-0.15, -0.1) is 0 Å². The van der Waals surface area contributed by atoms with Gasteiger partial charge in [0.15, 0.2) is 0 Å². The van der Waals surface area contributed by atoms with Crippen LogP contribution in [0.5, 0.6) is 5.75 Å². The quantitative estimate of drug-likeness (QED) is 0.817. The normalized spacial score (nSPS) is 10.3. The third-order valence-electron chi connectivity index (χ3n) is 3.34. The van der Waals surface area contributed by atoms with E-state index in [4.69, 9.17) is 10.5 Å². The molecule has 19 heavy (non-hydrogen) atoms. The molecule has 0 saturated heterocycles. The maximum Gasteiger partial charge on any atom is 0.121 e. The van der Waals surface area contributed by atoms with E-state index >= 15 is 0 Å². The fraction of sp³-hybridized carbons (Fsp3) is 0.250. The molecule has 0 spiro atoms. The molecule has 0 amide bonds. The van der Waals surface area contributed by atoms with Gasteiger partial charge in [-0.25, -0.2) is 0 Å². The van der Waals surface area contributed by atoms with E-state index < -0.39 is 0 Å². The SMILES string of the molecule is COc1ccc(Nc2cc(C)c(C)cc2N)cc1C. The average molecular weight is 256 g/mol. The van der Waals surface area contributed by atoms with E-state index in [1.165, 1.54) is 11.1 Å². The van der Waals surface area contributed by atoms with Gasteiger partial charge in [0.2, 0.25) is 0 Å². The Balaban J connectivity index is 2.31. The zero-order chi connectivity index (χ0) is 14.0. The first-order chi connectivity index (χ1) is 9.01. The molecule has 0 fully saturated rings. The van der Waals surface area contributed by atoms with E-state index in [2.05, 4.69) is 25.2 Å². The Kier molecular flexibility index (Phi) is 3.65. The van der Waals surface area contributed by atoms with Gasteiger partial charge in [-0.05, 0) is 67.8 Å². The third kappa shape index (κ3) is 2.81. The summed E-state index contributed by atoms with van der Waals surface area (Å²) in [7, 11) is 1.68. The third-order valence-corrected chi connectivity index (χ3v) is 3.34. The molecule has 3 N–H and O–H groups in total. The molecule has 0 aliphatic rings. The summed E-state index contributed by atoms with van der Waals surface area (Å²) in [5.74, 6) is 0.888. The van der Waals surface area contributed by atoms with Gasteiger partial charge in [-0.1, -0.05) is 0 Å². The summed E-state index contributed by atoms with van der Waals surface area (Å²) in [6.45, 7) is 6.17. The fourth-order valence-electron chi connectivity index (χ4n) is 2.06. The van der Waals surface area contributed by atoms with Crippen LogP contribution in [0, 0.1) is 20.8 Å². The van der Waals surface area contributed by atoms with Gasteiger partial charge in [0.25, 0.3) is 0 Å². The standard InChI is InChI=1S/C16H20N2O/c1-10-8-14(17)15(9-11(10)2)18-13-5-6-16(19-4)12(3)7-13/h5-9,18H,17H2,1-4H3. The first-order valence-electron chi connectivity index (χ1n) is 6.29. The molecule has 3 heteroatoms. The van der Waals surface area contributed by atoms with Crippen molar-refractivity contribution in [1.29, 1.82) is 0 Å². The predicted octanol–water partition coefficient (Wildman–Crippen LogP) is 3.95. The van der Waals surface area contributed by atoms with E-state index in [0.717, 1.165) is 28.4 Å². The lowest BCUT2D eigenvalue weighted by atomic mass is 10.1. The van der Waals surface area contributed by atoms with Crippen molar-refractivity contribution in [1.82, 2.24) is 0 Å². The number of nitrogens with one attached hydrogen (secondary N) is 1. The zero-order valence-electron chi connectivity index (χ0n) is 11.9. The molecular weight excluding hydrogens is 236 g/mol. The van der Waals surface area contributed by atoms with Gasteiger partial charge in [-0.3, -0.25) is 0 Å². The van der Waals surface area contributed by atoms with Crippen molar-refractivity contribution in [3.05, 3.63) is 47.0 Å². The number of benzene rings is 2. The second-order valence-electron chi connectivity index (χ2n) is 4.83. The van der Waals surface area contributed by atoms with Gasteiger partial charge in [-0.2, -0.15) is 0 Å². The molecule has 0 aromatic heterocycles. The van der Waals surface area contributed by atoms with E-state index in [1.807, 2.05) is 31.2 Å². The molecule has 0 aliphatic heterocycles. The Labute approximate surface area is 114 Å². The molecular formula is C16H20N2O. The number of hydrogen-bond donors (Lipinski definition) is 2. The Bertz CT molecular complexity index is 606. The van der Waals surface area contributed by atoms with E-state index in [-0.39, 0.29) is 0 Å². The summed E-state index contributed by atoms with van der Waals surface area (Å²) in [6, 6.07) is 10.1. The van der Waals surface area contributed by atoms with Crippen molar-refractivity contribution in [2.75, 3.05) is 18.2 Å². The maximum atomic E-state index is 6.05. The fourth-order valence-corrected chi connectivity index (χ4v) is 2.06. The van der Waals surface area contributed by atoms with Crippen LogP contribution in [0.3, 0.4) is 0 Å². The van der Waals surface area contributed by atoms with Crippen LogP contribution in [0.2, 0.25) is 0 Å². The average Bonchev–Trinajstić information content (AvgIpc) is 2.36. The summed E-state index contributed by atoms with van der Waals surface area (Å²) >= 11 is 0. The number of ether oxygens (including phenoxy) is 1. The lowest BCUT2D eigenvalue weighted by Crippen LogP contribution is -1.99. The number of aryl methyl sites for hydroxylation is 3. The first-order valence-corrected chi connectivity index (χ1v) is 6.29. The van der Waals surface area contributed by atoms with Crippen LogP contribution in [-0.4, -0.2) is 7.11 Å². The Morgan fingerprint density at radius 2 is 1.63 bits per heavy atom. The van der Waals surface area contributed by atoms with Gasteiger partial charge in [0.1, 0.15) is 5.75 Å². The highest BCUT2D eigenvalue weighted by atomic mass is 16.5. The number of rotatable bonds is 3. The molecule has 2 aromatic carbocycles. The minimum Gasteiger partial charge on any atom is -0.496 e. The number of anilines is 3. The number of methoxy groups -OCH3 is 1. The van der Waals surface area contributed by atoms with Crippen LogP contribution in [-0.2, 0) is 0 Å². The summed E-state index contributed by atoms with van der Waals surface area (Å²) in [4.78, 5) is 0. The second-order valence-corrected chi connectivity index (χ2v) is 4.83. The molecule has 2 aromatic rings. The Morgan fingerprint density at radius 3 is 2.26 bits per heavy atom. The van der Waals surface area contributed by atoms with Crippen LogP contribution in [0.25, 0.3) is 0 Å². The summed E-state index contributed by atoms with van der Waals surface area (Å²) < 4.78 is 5.26. The van der Waals surface area contributed by atoms with Crippen molar-refractivity contribution in [2.45, 2.75) is 20.8 Å². The van der Waals surface area contributed by atoms with E-state index in [9.17, 15) is 0 Å². The van der Waals surface area contributed by atoms with Gasteiger partial charge in [0, 0.05) is 5.69 Å². The van der Waals surface area contributed by atoms with Gasteiger partial charge in [0.05, 0.1) is 18.5 Å². The summed E-state index contributed by atoms with van der Waals surface area (Å²) in [6.07, 6.45) is 0. The first kappa shape index (κ1) is 13.3. The van der Waals surface area contributed by atoms with Crippen LogP contribution in [0.15, 0.2) is 30.3 Å². The highest BCUT2D eigenvalue weighted by molar-refractivity contribution is 5.74. The Hall–Kier alpha value is -2.16. The van der Waals surface area contributed by atoms with E-state index in [0.29, 0.717) is 0 Å². The highest BCUT2D eigenvalue weighted by Crippen LogP contribution is 2.28. The molecule has 100 valence electrons. The smallest absolute Gasteiger partial charge is 0.121 e. The van der Waals surface area contributed by atoms with Crippen molar-refractivity contribution in [3.8, 4) is 5.75 Å². The highest BCUT2D eigenvalue weighted by Gasteiger charge is 2.05. The minimum atomic E-state index is 0.761. The van der Waals surface area contributed by atoms with E-state index in [1.54, 1.807) is 7.11 Å². The largest absolute Gasteiger partial charge is 0.496 e. The van der Waals surface area contributed by atoms with Crippen LogP contribution < -0.4 is 15.8 Å². The maximum absolute atomic E-state index is 6.05. The summed E-state index contributed by atoms with van der Waals surface area (Å²) in [5.41, 5.74) is 12.3. The molecule has 0 bridgehead atoms. The monoisotopic (exact) mass is 256 g/mol. The molecule has 0 saturated carbocycles. The number of hydrogen-bond acceptors (Lipinski definition) is 3. The molecule has 0 radical (unpaired) electrons. The molecule has 2 rings (SSSR count). The van der Waals surface area contributed by atoms with Gasteiger partial charge < -0.3 is 15.8 Å². The second kappa shape index (κ2) is 5.22. The van der Waals surface area contributed by atoms with Crippen LogP contribution in [0.4, 0.5) is 17.1 Å². The van der Waals surface area contributed by atoms with Crippen LogP contribution in [0.1, 0.15) is 16.7 Å². The van der Waals surface area contributed by atoms with Crippen molar-refractivity contribution in [2.24, 2.45) is 0 Å². The lowest BCUT2D eigenvalue weighted by Gasteiger charge is -2.13. The number of nitrogens with two attached hydrogens (primary N) is 1. The van der Waals surface area contributed by atoms with Crippen molar-refractivity contribution in [3.63, 3.8) is 0 Å². The molecule has 0 heterocycles. The number of nitrogen functional groups attached to an aromatic ring is 1. The predicted molar refractivity (Wildman–Crippen MR) is 81.3 cm³/mol. The molecule has 0 unspecified atom stereocenters. The lowest BCUT2D eigenvalue weighted by molar-refractivity contribution is 0.412. The van der Waals surface area contributed by atoms with Crippen molar-refractivity contribution >= 4 is 17.1 Å². The van der Waals surface area contributed by atoms with Gasteiger partial charge >= 0.3 is 0 Å². The zero-order valence-corrected chi connectivity index (χ0v) is 11.9. The van der Waals surface area contributed by atoms with Crippen molar-refractivity contribution < 1.29 is 4.74 Å². The molecule has 0 aliphatic carbocycles. The van der Waals surface area contributed by atoms with Crippen LogP contribution >= 0.6 is 0 Å². The molecule has 0 atom stereocenters. The summed E-state index contributed by atoms with van der Waals surface area (Å²) in [5, 5.41) is 3.35. The topological polar surface area (TPSA) is 47.3 Å².